The molecule has 0 bridgehead atoms. The Balaban J connectivity index is 1.45. The number of rotatable bonds is 5. The Kier molecular flexibility index (Phi) is 7.32. The molecule has 1 atom stereocenters. The fourth-order valence-electron chi connectivity index (χ4n) is 4.62. The number of amides is 2. The van der Waals surface area contributed by atoms with E-state index >= 15 is 0 Å². The quantitative estimate of drug-likeness (QED) is 0.633. The van der Waals surface area contributed by atoms with Crippen LogP contribution in [0.2, 0.25) is 0 Å². The summed E-state index contributed by atoms with van der Waals surface area (Å²) in [6, 6.07) is 10.4. The highest BCUT2D eigenvalue weighted by molar-refractivity contribution is 6.39. The van der Waals surface area contributed by atoms with Crippen molar-refractivity contribution in [1.82, 2.24) is 15.1 Å². The molecule has 0 spiro atoms. The van der Waals surface area contributed by atoms with Crippen LogP contribution in [-0.2, 0) is 22.2 Å². The first-order valence-corrected chi connectivity index (χ1v) is 11.6. The molecule has 0 saturated carbocycles. The molecule has 0 radical (unpaired) electrons. The lowest BCUT2D eigenvalue weighted by Gasteiger charge is -2.38. The minimum Gasteiger partial charge on any atom is -0.374 e. The molecule has 2 aliphatic heterocycles. The number of carbonyl (C=O) groups is 2. The summed E-state index contributed by atoms with van der Waals surface area (Å²) in [5.41, 5.74) is 2.56. The van der Waals surface area contributed by atoms with Gasteiger partial charge in [-0.05, 0) is 48.9 Å². The molecule has 2 aliphatic rings. The van der Waals surface area contributed by atoms with Gasteiger partial charge < -0.3 is 20.4 Å². The predicted molar refractivity (Wildman–Crippen MR) is 128 cm³/mol. The molecule has 1 fully saturated rings. The Hall–Kier alpha value is -3.11. The zero-order chi connectivity index (χ0) is 25.2. The van der Waals surface area contributed by atoms with Crippen molar-refractivity contribution in [3.63, 3.8) is 0 Å². The van der Waals surface area contributed by atoms with Gasteiger partial charge in [0.25, 0.3) is 0 Å². The summed E-state index contributed by atoms with van der Waals surface area (Å²) in [6.45, 7) is 4.62. The maximum absolute atomic E-state index is 12.9. The van der Waals surface area contributed by atoms with Crippen LogP contribution >= 0.6 is 0 Å². The topological polar surface area (TPSA) is 67.9 Å². The normalized spacial score (nSPS) is 17.7. The molecular weight excluding hydrogens is 459 g/mol. The summed E-state index contributed by atoms with van der Waals surface area (Å²) in [6.07, 6.45) is -3.58. The highest BCUT2D eigenvalue weighted by atomic mass is 19.4. The maximum atomic E-state index is 12.9. The molecule has 35 heavy (non-hydrogen) atoms. The monoisotopic (exact) mass is 489 g/mol. The van der Waals surface area contributed by atoms with E-state index in [1.54, 1.807) is 0 Å². The summed E-state index contributed by atoms with van der Waals surface area (Å²) in [5, 5.41) is 4.96. The first-order chi connectivity index (χ1) is 16.6. The van der Waals surface area contributed by atoms with Crippen molar-refractivity contribution in [2.24, 2.45) is 0 Å². The van der Waals surface area contributed by atoms with E-state index in [9.17, 15) is 22.8 Å². The van der Waals surface area contributed by atoms with Crippen LogP contribution in [-0.4, -0.2) is 75.0 Å². The van der Waals surface area contributed by atoms with Gasteiger partial charge >= 0.3 is 18.0 Å². The number of piperazine rings is 1. The molecule has 7 nitrogen and oxygen atoms in total. The fraction of sp³-hybridized carbons (Fsp3) is 0.440. The molecule has 1 saturated heterocycles. The van der Waals surface area contributed by atoms with Gasteiger partial charge in [0.15, 0.2) is 0 Å². The van der Waals surface area contributed by atoms with Crippen molar-refractivity contribution in [3.05, 3.63) is 59.2 Å². The molecule has 2 N–H and O–H groups in total. The van der Waals surface area contributed by atoms with E-state index in [4.69, 9.17) is 0 Å². The summed E-state index contributed by atoms with van der Waals surface area (Å²) in [7, 11) is 4.13. The molecule has 2 aromatic rings. The van der Waals surface area contributed by atoms with E-state index in [1.807, 2.05) is 0 Å². The van der Waals surface area contributed by atoms with Crippen molar-refractivity contribution in [1.29, 1.82) is 0 Å². The Morgan fingerprint density at radius 1 is 0.971 bits per heavy atom. The third kappa shape index (κ3) is 5.94. The SMILES string of the molecule is CN1CCN(C(CNC(=O)C(=O)Nc2cccc(C(F)(F)F)c2)c2ccc3c(c2)CCN3C)CC1. The minimum absolute atomic E-state index is 0.0849. The van der Waals surface area contributed by atoms with E-state index in [2.05, 4.69) is 57.6 Å². The van der Waals surface area contributed by atoms with E-state index in [1.165, 1.54) is 23.4 Å². The summed E-state index contributed by atoms with van der Waals surface area (Å²) in [4.78, 5) is 31.7. The highest BCUT2D eigenvalue weighted by Gasteiger charge is 2.31. The van der Waals surface area contributed by atoms with Gasteiger partial charge in [-0.2, -0.15) is 13.2 Å². The smallest absolute Gasteiger partial charge is 0.374 e. The first-order valence-electron chi connectivity index (χ1n) is 11.6. The first kappa shape index (κ1) is 25.0. The van der Waals surface area contributed by atoms with Crippen LogP contribution in [0.3, 0.4) is 0 Å². The number of nitrogens with one attached hydrogen (secondary N) is 2. The number of carbonyl (C=O) groups excluding carboxylic acids is 2. The molecular formula is C25H30F3N5O2. The Bertz CT molecular complexity index is 1080. The number of anilines is 2. The predicted octanol–water partition coefficient (Wildman–Crippen LogP) is 2.74. The van der Waals surface area contributed by atoms with Crippen LogP contribution in [0, 0.1) is 0 Å². The second-order valence-corrected chi connectivity index (χ2v) is 9.16. The van der Waals surface area contributed by atoms with Crippen molar-refractivity contribution in [2.75, 3.05) is 63.6 Å². The zero-order valence-corrected chi connectivity index (χ0v) is 19.9. The van der Waals surface area contributed by atoms with E-state index < -0.39 is 23.6 Å². The number of halogens is 3. The maximum Gasteiger partial charge on any atom is 0.416 e. The van der Waals surface area contributed by atoms with Gasteiger partial charge in [0.1, 0.15) is 0 Å². The molecule has 10 heteroatoms. The third-order valence-corrected chi connectivity index (χ3v) is 6.70. The molecule has 0 aromatic heterocycles. The summed E-state index contributed by atoms with van der Waals surface area (Å²) in [5.74, 6) is -1.89. The van der Waals surface area contributed by atoms with Gasteiger partial charge in [-0.3, -0.25) is 14.5 Å². The fourth-order valence-corrected chi connectivity index (χ4v) is 4.62. The Morgan fingerprint density at radius 2 is 1.71 bits per heavy atom. The third-order valence-electron chi connectivity index (χ3n) is 6.70. The van der Waals surface area contributed by atoms with E-state index in [-0.39, 0.29) is 18.3 Å². The number of fused-ring (bicyclic) bond motifs is 1. The number of alkyl halides is 3. The van der Waals surface area contributed by atoms with Crippen LogP contribution in [0.25, 0.3) is 0 Å². The highest BCUT2D eigenvalue weighted by Crippen LogP contribution is 2.32. The second-order valence-electron chi connectivity index (χ2n) is 9.16. The van der Waals surface area contributed by atoms with Gasteiger partial charge in [-0.1, -0.05) is 18.2 Å². The number of likely N-dealkylation sites (N-methyl/N-ethyl adjacent to an activating group) is 2. The lowest BCUT2D eigenvalue weighted by Crippen LogP contribution is -2.49. The van der Waals surface area contributed by atoms with Crippen molar-refractivity contribution >= 4 is 23.2 Å². The Morgan fingerprint density at radius 3 is 2.43 bits per heavy atom. The molecule has 2 amide bonds. The molecule has 188 valence electrons. The largest absolute Gasteiger partial charge is 0.416 e. The van der Waals surface area contributed by atoms with Crippen LogP contribution in [0.4, 0.5) is 24.5 Å². The lowest BCUT2D eigenvalue weighted by molar-refractivity contribution is -0.137. The van der Waals surface area contributed by atoms with Crippen LogP contribution in [0.1, 0.15) is 22.7 Å². The average Bonchev–Trinajstić information content (AvgIpc) is 3.20. The number of nitrogens with zero attached hydrogens (tertiary/aromatic N) is 3. The zero-order valence-electron chi connectivity index (χ0n) is 19.9. The van der Waals surface area contributed by atoms with Gasteiger partial charge in [-0.25, -0.2) is 0 Å². The Labute approximate surface area is 202 Å². The van der Waals surface area contributed by atoms with Gasteiger partial charge in [-0.15, -0.1) is 0 Å². The van der Waals surface area contributed by atoms with Crippen molar-refractivity contribution < 1.29 is 22.8 Å². The van der Waals surface area contributed by atoms with Crippen molar-refractivity contribution in [2.45, 2.75) is 18.6 Å². The molecule has 4 rings (SSSR count). The molecule has 1 unspecified atom stereocenters. The van der Waals surface area contributed by atoms with Gasteiger partial charge in [0, 0.05) is 57.7 Å². The lowest BCUT2D eigenvalue weighted by atomic mass is 10.00. The number of benzene rings is 2. The summed E-state index contributed by atoms with van der Waals surface area (Å²) < 4.78 is 38.8. The van der Waals surface area contributed by atoms with E-state index in [0.29, 0.717) is 0 Å². The average molecular weight is 490 g/mol. The van der Waals surface area contributed by atoms with Crippen LogP contribution in [0.15, 0.2) is 42.5 Å². The second kappa shape index (κ2) is 10.2. The number of hydrogen-bond donors (Lipinski definition) is 2. The standard InChI is InChI=1S/C25H30F3N5O2/c1-31-10-12-33(13-11-31)22(17-6-7-21-18(14-17)8-9-32(21)2)16-29-23(34)24(35)30-20-5-3-4-19(15-20)25(26,27)28/h3-7,14-15,22H,8-13,16H2,1-2H3,(H,29,34)(H,30,35). The van der Waals surface area contributed by atoms with Gasteiger partial charge in [0.05, 0.1) is 11.6 Å². The number of hydrogen-bond acceptors (Lipinski definition) is 5. The van der Waals surface area contributed by atoms with Crippen molar-refractivity contribution in [3.8, 4) is 0 Å². The molecule has 2 aromatic carbocycles. The molecule has 2 heterocycles. The minimum atomic E-state index is -4.54. The van der Waals surface area contributed by atoms with Gasteiger partial charge in [0.2, 0.25) is 0 Å². The van der Waals surface area contributed by atoms with E-state index in [0.717, 1.165) is 56.8 Å². The molecule has 0 aliphatic carbocycles. The van der Waals surface area contributed by atoms with Crippen LogP contribution in [0.5, 0.6) is 0 Å². The summed E-state index contributed by atoms with van der Waals surface area (Å²) >= 11 is 0. The van der Waals surface area contributed by atoms with Crippen LogP contribution < -0.4 is 15.5 Å².